The van der Waals surface area contributed by atoms with Crippen molar-refractivity contribution in [1.29, 1.82) is 0 Å². The van der Waals surface area contributed by atoms with Crippen LogP contribution in [0.25, 0.3) is 0 Å². The quantitative estimate of drug-likeness (QED) is 0.912. The molecule has 1 aromatic carbocycles. The van der Waals surface area contributed by atoms with Crippen LogP contribution in [-0.2, 0) is 0 Å². The number of hydrogen-bond donors (Lipinski definition) is 1. The summed E-state index contributed by atoms with van der Waals surface area (Å²) in [5.74, 6) is 0.911. The van der Waals surface area contributed by atoms with E-state index in [9.17, 15) is 9.18 Å². The number of carboxylic acid groups (broad SMARTS) is 1. The summed E-state index contributed by atoms with van der Waals surface area (Å²) in [6, 6.07) is 5.98. The maximum Gasteiger partial charge on any atom is 0.407 e. The number of likely N-dealkylation sites (tertiary alicyclic amines) is 1. The molecular formula is C14H18FNO3. The molecule has 1 heterocycles. The zero-order valence-corrected chi connectivity index (χ0v) is 10.7. The fourth-order valence-electron chi connectivity index (χ4n) is 2.29. The number of ether oxygens (including phenoxy) is 1. The van der Waals surface area contributed by atoms with Crippen LogP contribution in [-0.4, -0.2) is 35.8 Å². The van der Waals surface area contributed by atoms with Gasteiger partial charge in [-0.15, -0.1) is 0 Å². The van der Waals surface area contributed by atoms with Crippen LogP contribution in [0.2, 0.25) is 0 Å². The van der Waals surface area contributed by atoms with Crippen molar-refractivity contribution in [1.82, 2.24) is 4.90 Å². The first-order valence-electron chi connectivity index (χ1n) is 6.51. The summed E-state index contributed by atoms with van der Waals surface area (Å²) in [5.41, 5.74) is 0. The van der Waals surface area contributed by atoms with Crippen molar-refractivity contribution in [2.24, 2.45) is 5.92 Å². The van der Waals surface area contributed by atoms with Gasteiger partial charge in [0.2, 0.25) is 0 Å². The third-order valence-electron chi connectivity index (χ3n) is 3.49. The van der Waals surface area contributed by atoms with Crippen molar-refractivity contribution in [2.75, 3.05) is 19.7 Å². The van der Waals surface area contributed by atoms with E-state index in [0.29, 0.717) is 31.4 Å². The molecule has 5 heteroatoms. The van der Waals surface area contributed by atoms with E-state index < -0.39 is 6.09 Å². The van der Waals surface area contributed by atoms with E-state index in [4.69, 9.17) is 9.84 Å². The Morgan fingerprint density at radius 1 is 1.32 bits per heavy atom. The van der Waals surface area contributed by atoms with Crippen molar-refractivity contribution in [2.45, 2.75) is 19.3 Å². The van der Waals surface area contributed by atoms with Crippen molar-refractivity contribution >= 4 is 6.09 Å². The summed E-state index contributed by atoms with van der Waals surface area (Å²) in [6.07, 6.45) is 1.85. The molecule has 0 radical (unpaired) electrons. The highest BCUT2D eigenvalue weighted by atomic mass is 19.1. The van der Waals surface area contributed by atoms with Crippen LogP contribution in [0.4, 0.5) is 9.18 Å². The smallest absolute Gasteiger partial charge is 0.407 e. The number of hydrogen-bond acceptors (Lipinski definition) is 2. The number of nitrogens with zero attached hydrogens (tertiary/aromatic N) is 1. The summed E-state index contributed by atoms with van der Waals surface area (Å²) in [6.45, 7) is 1.80. The Labute approximate surface area is 111 Å². The topological polar surface area (TPSA) is 49.8 Å². The second-order valence-corrected chi connectivity index (χ2v) is 4.80. The second-order valence-electron chi connectivity index (χ2n) is 4.80. The van der Waals surface area contributed by atoms with Crippen molar-refractivity contribution in [3.05, 3.63) is 30.1 Å². The monoisotopic (exact) mass is 267 g/mol. The predicted molar refractivity (Wildman–Crippen MR) is 68.8 cm³/mol. The molecule has 19 heavy (non-hydrogen) atoms. The van der Waals surface area contributed by atoms with Gasteiger partial charge in [0.15, 0.2) is 0 Å². The Balaban J connectivity index is 1.67. The lowest BCUT2D eigenvalue weighted by atomic mass is 9.94. The molecule has 4 nitrogen and oxygen atoms in total. The van der Waals surface area contributed by atoms with Crippen LogP contribution >= 0.6 is 0 Å². The first-order valence-corrected chi connectivity index (χ1v) is 6.51. The molecule has 1 aliphatic heterocycles. The van der Waals surface area contributed by atoms with Crippen LogP contribution in [0.5, 0.6) is 5.75 Å². The fraction of sp³-hybridized carbons (Fsp3) is 0.500. The number of carbonyl (C=O) groups is 1. The van der Waals surface area contributed by atoms with E-state index in [-0.39, 0.29) is 5.82 Å². The zero-order chi connectivity index (χ0) is 13.7. The minimum atomic E-state index is -0.832. The highest BCUT2D eigenvalue weighted by Crippen LogP contribution is 2.21. The Kier molecular flexibility index (Phi) is 4.60. The average Bonchev–Trinajstić information content (AvgIpc) is 2.41. The molecule has 2 rings (SSSR count). The summed E-state index contributed by atoms with van der Waals surface area (Å²) in [7, 11) is 0. The maximum absolute atomic E-state index is 12.7. The number of rotatable bonds is 4. The van der Waals surface area contributed by atoms with Crippen LogP contribution in [0.1, 0.15) is 19.3 Å². The van der Waals surface area contributed by atoms with Gasteiger partial charge in [-0.2, -0.15) is 0 Å². The lowest BCUT2D eigenvalue weighted by molar-refractivity contribution is 0.119. The lowest BCUT2D eigenvalue weighted by Gasteiger charge is -2.29. The molecule has 1 amide bonds. The molecule has 0 unspecified atom stereocenters. The van der Waals surface area contributed by atoms with Gasteiger partial charge in [-0.3, -0.25) is 0 Å². The van der Waals surface area contributed by atoms with Gasteiger partial charge in [0.1, 0.15) is 11.6 Å². The second kappa shape index (κ2) is 6.41. The van der Waals surface area contributed by atoms with Crippen LogP contribution in [0.15, 0.2) is 24.3 Å². The number of amides is 1. The zero-order valence-electron chi connectivity index (χ0n) is 10.7. The summed E-state index contributed by atoms with van der Waals surface area (Å²) < 4.78 is 18.2. The van der Waals surface area contributed by atoms with E-state index in [1.165, 1.54) is 17.0 Å². The predicted octanol–water partition coefficient (Wildman–Crippen LogP) is 2.98. The lowest BCUT2D eigenvalue weighted by Crippen LogP contribution is -2.37. The van der Waals surface area contributed by atoms with Gasteiger partial charge in [0, 0.05) is 13.1 Å². The molecule has 1 fully saturated rings. The maximum atomic E-state index is 12.7. The number of piperidine rings is 1. The summed E-state index contributed by atoms with van der Waals surface area (Å²) in [5, 5.41) is 8.84. The van der Waals surface area contributed by atoms with Gasteiger partial charge in [-0.1, -0.05) is 0 Å². The summed E-state index contributed by atoms with van der Waals surface area (Å²) in [4.78, 5) is 12.2. The van der Waals surface area contributed by atoms with E-state index in [1.807, 2.05) is 0 Å². The molecular weight excluding hydrogens is 249 g/mol. The van der Waals surface area contributed by atoms with Crippen molar-refractivity contribution in [3.63, 3.8) is 0 Å². The van der Waals surface area contributed by atoms with Gasteiger partial charge < -0.3 is 14.7 Å². The Bertz CT molecular complexity index is 413. The van der Waals surface area contributed by atoms with Crippen molar-refractivity contribution in [3.8, 4) is 5.75 Å². The molecule has 0 aromatic heterocycles. The van der Waals surface area contributed by atoms with E-state index in [2.05, 4.69) is 0 Å². The molecule has 104 valence electrons. The first kappa shape index (κ1) is 13.6. The van der Waals surface area contributed by atoms with Gasteiger partial charge >= 0.3 is 6.09 Å². The van der Waals surface area contributed by atoms with Crippen LogP contribution in [0, 0.1) is 11.7 Å². The van der Waals surface area contributed by atoms with E-state index in [1.54, 1.807) is 12.1 Å². The normalized spacial score (nSPS) is 16.4. The molecule has 1 saturated heterocycles. The molecule has 0 bridgehead atoms. The molecule has 0 saturated carbocycles. The number of benzene rings is 1. The molecule has 1 aromatic rings. The van der Waals surface area contributed by atoms with Gasteiger partial charge in [-0.25, -0.2) is 9.18 Å². The standard InChI is InChI=1S/C14H18FNO3/c15-12-1-3-13(4-2-12)19-10-7-11-5-8-16(9-6-11)14(17)18/h1-4,11H,5-10H2,(H,17,18). The van der Waals surface area contributed by atoms with Gasteiger partial charge in [0.05, 0.1) is 6.61 Å². The number of halogens is 1. The highest BCUT2D eigenvalue weighted by molar-refractivity contribution is 5.64. The highest BCUT2D eigenvalue weighted by Gasteiger charge is 2.21. The van der Waals surface area contributed by atoms with Crippen molar-refractivity contribution < 1.29 is 19.0 Å². The van der Waals surface area contributed by atoms with Gasteiger partial charge in [-0.05, 0) is 49.4 Å². The minimum Gasteiger partial charge on any atom is -0.494 e. The Hall–Kier alpha value is -1.78. The van der Waals surface area contributed by atoms with Crippen LogP contribution in [0.3, 0.4) is 0 Å². The molecule has 1 aliphatic rings. The third-order valence-corrected chi connectivity index (χ3v) is 3.49. The SMILES string of the molecule is O=C(O)N1CCC(CCOc2ccc(F)cc2)CC1. The molecule has 0 aliphatic carbocycles. The molecule has 1 N–H and O–H groups in total. The van der Waals surface area contributed by atoms with E-state index in [0.717, 1.165) is 19.3 Å². The molecule has 0 spiro atoms. The summed E-state index contributed by atoms with van der Waals surface area (Å²) >= 11 is 0. The molecule has 0 atom stereocenters. The Morgan fingerprint density at radius 2 is 1.95 bits per heavy atom. The van der Waals surface area contributed by atoms with E-state index >= 15 is 0 Å². The first-order chi connectivity index (χ1) is 9.15. The largest absolute Gasteiger partial charge is 0.494 e. The van der Waals surface area contributed by atoms with Gasteiger partial charge in [0.25, 0.3) is 0 Å². The fourth-order valence-corrected chi connectivity index (χ4v) is 2.29. The third kappa shape index (κ3) is 4.12. The average molecular weight is 267 g/mol. The Morgan fingerprint density at radius 3 is 2.53 bits per heavy atom. The van der Waals surface area contributed by atoms with Crippen LogP contribution < -0.4 is 4.74 Å². The minimum absolute atomic E-state index is 0.270.